The number of carbonyl (C=O) groups is 1. The van der Waals surface area contributed by atoms with Crippen molar-refractivity contribution in [1.82, 2.24) is 15.5 Å². The van der Waals surface area contributed by atoms with Gasteiger partial charge in [-0.3, -0.25) is 9.69 Å². The first kappa shape index (κ1) is 17.4. The lowest BCUT2D eigenvalue weighted by atomic mass is 9.89. The zero-order valence-corrected chi connectivity index (χ0v) is 14.1. The van der Waals surface area contributed by atoms with Gasteiger partial charge in [-0.15, -0.1) is 0 Å². The second-order valence-corrected chi connectivity index (χ2v) is 7.14. The van der Waals surface area contributed by atoms with Crippen LogP contribution in [-0.4, -0.2) is 48.1 Å². The van der Waals surface area contributed by atoms with Crippen LogP contribution in [0.3, 0.4) is 0 Å². The maximum atomic E-state index is 12.2. The molecule has 0 spiro atoms. The molecule has 0 aromatic heterocycles. The van der Waals surface area contributed by atoms with Gasteiger partial charge in [-0.2, -0.15) is 0 Å². The van der Waals surface area contributed by atoms with E-state index in [0.717, 1.165) is 6.54 Å². The molecule has 0 aliphatic heterocycles. The van der Waals surface area contributed by atoms with E-state index in [4.69, 9.17) is 0 Å². The van der Waals surface area contributed by atoms with E-state index in [9.17, 15) is 4.79 Å². The van der Waals surface area contributed by atoms with E-state index in [1.165, 1.54) is 25.7 Å². The Labute approximate surface area is 124 Å². The third-order valence-corrected chi connectivity index (χ3v) is 4.25. The molecule has 0 aromatic rings. The van der Waals surface area contributed by atoms with Gasteiger partial charge < -0.3 is 10.6 Å². The molecule has 1 aliphatic rings. The SMILES string of the molecule is CCNC1CCC(N(C)C(C)C(=O)NC(C)(C)C)CC1. The van der Waals surface area contributed by atoms with E-state index >= 15 is 0 Å². The van der Waals surface area contributed by atoms with Crippen molar-refractivity contribution in [3.63, 3.8) is 0 Å². The minimum absolute atomic E-state index is 0.0603. The van der Waals surface area contributed by atoms with Gasteiger partial charge in [0.2, 0.25) is 5.91 Å². The largest absolute Gasteiger partial charge is 0.350 e. The quantitative estimate of drug-likeness (QED) is 0.812. The Morgan fingerprint density at radius 1 is 1.25 bits per heavy atom. The maximum Gasteiger partial charge on any atom is 0.237 e. The van der Waals surface area contributed by atoms with Crippen molar-refractivity contribution < 1.29 is 4.79 Å². The summed E-state index contributed by atoms with van der Waals surface area (Å²) in [6.45, 7) is 11.3. The Hall–Kier alpha value is -0.610. The fourth-order valence-corrected chi connectivity index (χ4v) is 2.95. The monoisotopic (exact) mass is 283 g/mol. The Morgan fingerprint density at radius 3 is 2.25 bits per heavy atom. The van der Waals surface area contributed by atoms with E-state index in [1.807, 2.05) is 27.7 Å². The van der Waals surface area contributed by atoms with Crippen LogP contribution in [0.25, 0.3) is 0 Å². The first-order chi connectivity index (χ1) is 9.24. The van der Waals surface area contributed by atoms with Gasteiger partial charge in [-0.25, -0.2) is 0 Å². The van der Waals surface area contributed by atoms with E-state index in [2.05, 4.69) is 29.5 Å². The molecule has 1 aliphatic carbocycles. The average Bonchev–Trinajstić information content (AvgIpc) is 2.36. The summed E-state index contributed by atoms with van der Waals surface area (Å²) >= 11 is 0. The van der Waals surface area contributed by atoms with Crippen molar-refractivity contribution in [3.8, 4) is 0 Å². The molecular formula is C16H33N3O. The predicted molar refractivity (Wildman–Crippen MR) is 84.8 cm³/mol. The molecule has 0 heterocycles. The molecule has 0 saturated heterocycles. The highest BCUT2D eigenvalue weighted by molar-refractivity contribution is 5.81. The van der Waals surface area contributed by atoms with E-state index in [1.54, 1.807) is 0 Å². The molecule has 20 heavy (non-hydrogen) atoms. The lowest BCUT2D eigenvalue weighted by Gasteiger charge is -2.38. The molecule has 1 atom stereocenters. The van der Waals surface area contributed by atoms with Crippen molar-refractivity contribution in [1.29, 1.82) is 0 Å². The van der Waals surface area contributed by atoms with Crippen LogP contribution >= 0.6 is 0 Å². The number of nitrogens with one attached hydrogen (secondary N) is 2. The molecule has 118 valence electrons. The molecule has 1 unspecified atom stereocenters. The van der Waals surface area contributed by atoms with E-state index in [-0.39, 0.29) is 17.5 Å². The van der Waals surface area contributed by atoms with Gasteiger partial charge in [0, 0.05) is 17.6 Å². The van der Waals surface area contributed by atoms with Gasteiger partial charge >= 0.3 is 0 Å². The Balaban J connectivity index is 2.45. The van der Waals surface area contributed by atoms with Crippen molar-refractivity contribution in [3.05, 3.63) is 0 Å². The smallest absolute Gasteiger partial charge is 0.237 e. The number of likely N-dealkylation sites (N-methyl/N-ethyl adjacent to an activating group) is 1. The number of nitrogens with zero attached hydrogens (tertiary/aromatic N) is 1. The van der Waals surface area contributed by atoms with Crippen molar-refractivity contribution in [2.75, 3.05) is 13.6 Å². The lowest BCUT2D eigenvalue weighted by Crippen LogP contribution is -2.53. The molecule has 2 N–H and O–H groups in total. The van der Waals surface area contributed by atoms with Crippen LogP contribution < -0.4 is 10.6 Å². The van der Waals surface area contributed by atoms with Crippen LogP contribution in [0.2, 0.25) is 0 Å². The van der Waals surface area contributed by atoms with E-state index in [0.29, 0.717) is 12.1 Å². The summed E-state index contributed by atoms with van der Waals surface area (Å²) in [5.41, 5.74) is -0.158. The van der Waals surface area contributed by atoms with Gasteiger partial charge in [-0.05, 0) is 67.0 Å². The maximum absolute atomic E-state index is 12.2. The lowest BCUT2D eigenvalue weighted by molar-refractivity contribution is -0.127. The van der Waals surface area contributed by atoms with Crippen LogP contribution in [0.4, 0.5) is 0 Å². The number of amides is 1. The highest BCUT2D eigenvalue weighted by Crippen LogP contribution is 2.23. The third kappa shape index (κ3) is 5.41. The standard InChI is InChI=1S/C16H33N3O/c1-7-17-13-8-10-14(11-9-13)19(6)12(2)15(20)18-16(3,4)5/h12-14,17H,7-11H2,1-6H3,(H,18,20). The van der Waals surface area contributed by atoms with Crippen molar-refractivity contribution in [2.45, 2.75) is 84.0 Å². The van der Waals surface area contributed by atoms with Crippen LogP contribution in [0.5, 0.6) is 0 Å². The first-order valence-corrected chi connectivity index (χ1v) is 8.02. The van der Waals surface area contributed by atoms with Gasteiger partial charge in [-0.1, -0.05) is 6.92 Å². The summed E-state index contributed by atoms with van der Waals surface area (Å²) in [4.78, 5) is 14.5. The molecular weight excluding hydrogens is 250 g/mol. The molecule has 0 radical (unpaired) electrons. The molecule has 1 rings (SSSR count). The molecule has 1 saturated carbocycles. The number of rotatable bonds is 5. The predicted octanol–water partition coefficient (Wildman–Crippen LogP) is 2.14. The second-order valence-electron chi connectivity index (χ2n) is 7.14. The van der Waals surface area contributed by atoms with Crippen molar-refractivity contribution in [2.24, 2.45) is 0 Å². The summed E-state index contributed by atoms with van der Waals surface area (Å²) < 4.78 is 0. The molecule has 1 amide bonds. The average molecular weight is 283 g/mol. The minimum Gasteiger partial charge on any atom is -0.350 e. The van der Waals surface area contributed by atoms with Gasteiger partial charge in [0.15, 0.2) is 0 Å². The van der Waals surface area contributed by atoms with Gasteiger partial charge in [0.05, 0.1) is 6.04 Å². The van der Waals surface area contributed by atoms with Crippen LogP contribution in [-0.2, 0) is 4.79 Å². The van der Waals surface area contributed by atoms with Crippen LogP contribution in [0, 0.1) is 0 Å². The van der Waals surface area contributed by atoms with E-state index < -0.39 is 0 Å². The Morgan fingerprint density at radius 2 is 1.80 bits per heavy atom. The summed E-state index contributed by atoms with van der Waals surface area (Å²) in [6.07, 6.45) is 4.80. The molecule has 4 nitrogen and oxygen atoms in total. The third-order valence-electron chi connectivity index (χ3n) is 4.25. The second kappa shape index (κ2) is 7.41. The zero-order valence-electron chi connectivity index (χ0n) is 14.1. The minimum atomic E-state index is -0.158. The first-order valence-electron chi connectivity index (χ1n) is 8.02. The normalized spacial score (nSPS) is 25.6. The zero-order chi connectivity index (χ0) is 15.3. The van der Waals surface area contributed by atoms with Gasteiger partial charge in [0.25, 0.3) is 0 Å². The van der Waals surface area contributed by atoms with Crippen LogP contribution in [0.15, 0.2) is 0 Å². The fourth-order valence-electron chi connectivity index (χ4n) is 2.95. The molecule has 0 aromatic carbocycles. The summed E-state index contributed by atoms with van der Waals surface area (Å²) in [7, 11) is 2.09. The Bertz CT molecular complexity index is 303. The Kier molecular flexibility index (Phi) is 6.46. The highest BCUT2D eigenvalue weighted by Gasteiger charge is 2.29. The summed E-state index contributed by atoms with van der Waals surface area (Å²) in [5.74, 6) is 0.133. The summed E-state index contributed by atoms with van der Waals surface area (Å²) in [5, 5.41) is 6.60. The highest BCUT2D eigenvalue weighted by atomic mass is 16.2. The number of carbonyl (C=O) groups excluding carboxylic acids is 1. The molecule has 1 fully saturated rings. The molecule has 0 bridgehead atoms. The van der Waals surface area contributed by atoms with Crippen molar-refractivity contribution >= 4 is 5.91 Å². The summed E-state index contributed by atoms with van der Waals surface area (Å²) in [6, 6.07) is 1.14. The number of hydrogen-bond acceptors (Lipinski definition) is 3. The van der Waals surface area contributed by atoms with Crippen LogP contribution in [0.1, 0.15) is 60.3 Å². The molecule has 4 heteroatoms. The topological polar surface area (TPSA) is 44.4 Å². The van der Waals surface area contributed by atoms with Gasteiger partial charge in [0.1, 0.15) is 0 Å². The number of hydrogen-bond donors (Lipinski definition) is 2. The fraction of sp³-hybridized carbons (Fsp3) is 0.938.